The summed E-state index contributed by atoms with van der Waals surface area (Å²) in [6.07, 6.45) is 11.7. The van der Waals surface area contributed by atoms with E-state index in [1.54, 1.807) is 0 Å². The number of aliphatic carboxylic acids is 1. The maximum absolute atomic E-state index is 14.5. The molecule has 0 aromatic heterocycles. The molecule has 4 aliphatic rings. The lowest BCUT2D eigenvalue weighted by molar-refractivity contribution is -0.149. The highest BCUT2D eigenvalue weighted by Crippen LogP contribution is 2.33. The molecule has 0 radical (unpaired) electrons. The van der Waals surface area contributed by atoms with Gasteiger partial charge in [0.2, 0.25) is 35.4 Å². The molecule has 6 N–H and O–H groups in total. The number of hydrogen-bond donors (Lipinski definition) is 6. The van der Waals surface area contributed by atoms with E-state index in [4.69, 9.17) is 0 Å². The zero-order valence-corrected chi connectivity index (χ0v) is 33.2. The predicted octanol–water partition coefficient (Wildman–Crippen LogP) is 2.38. The number of nitrogens with one attached hydrogen (secondary N) is 4. The Hall–Kier alpha value is -3.75. The van der Waals surface area contributed by atoms with E-state index in [0.717, 1.165) is 44.9 Å². The highest BCUT2D eigenvalue weighted by molar-refractivity contribution is 5.98. The first-order valence-corrected chi connectivity index (χ1v) is 21.0. The Morgan fingerprint density at radius 2 is 1.20 bits per heavy atom. The first-order chi connectivity index (χ1) is 26.3. The quantitative estimate of drug-likeness (QED) is 0.128. The summed E-state index contributed by atoms with van der Waals surface area (Å²) in [4.78, 5) is 96.8. The van der Waals surface area contributed by atoms with Crippen LogP contribution in [0.5, 0.6) is 0 Å². The molecule has 4 rings (SSSR count). The van der Waals surface area contributed by atoms with Gasteiger partial charge >= 0.3 is 5.97 Å². The van der Waals surface area contributed by atoms with E-state index < -0.39 is 72.3 Å². The van der Waals surface area contributed by atoms with Gasteiger partial charge in [-0.05, 0) is 76.0 Å². The van der Waals surface area contributed by atoms with Gasteiger partial charge in [0.1, 0.15) is 30.2 Å². The molecule has 0 bridgehead atoms. The first-order valence-electron chi connectivity index (χ1n) is 21.0. The molecule has 0 aromatic rings. The SMILES string of the molecule is CCCNC(=O)[C@@H](NC(=O)[C@@H]1CCCN1C(=O)[C@H](CC(=O)O)NC(=O)[C@@H]1CCCCN1C(=O)[C@@H](NC(=O)C[C@H](C)C1CCCCC1)C1CCCCC1)C(C)O. The van der Waals surface area contributed by atoms with Gasteiger partial charge in [-0.2, -0.15) is 0 Å². The van der Waals surface area contributed by atoms with E-state index in [-0.39, 0.29) is 43.2 Å². The maximum Gasteiger partial charge on any atom is 0.305 e. The summed E-state index contributed by atoms with van der Waals surface area (Å²) in [5, 5.41) is 31.0. The molecule has 2 aliphatic carbocycles. The average Bonchev–Trinajstić information content (AvgIpc) is 3.68. The van der Waals surface area contributed by atoms with Crippen LogP contribution >= 0.6 is 0 Å². The Labute approximate surface area is 325 Å². The molecule has 2 saturated heterocycles. The molecule has 15 nitrogen and oxygen atoms in total. The van der Waals surface area contributed by atoms with Gasteiger partial charge in [-0.3, -0.25) is 33.6 Å². The number of hydrogen-bond acceptors (Lipinski definition) is 8. The van der Waals surface area contributed by atoms with Gasteiger partial charge in [0.05, 0.1) is 12.5 Å². The number of aliphatic hydroxyl groups is 1. The van der Waals surface area contributed by atoms with Crippen LogP contribution in [-0.4, -0.2) is 117 Å². The van der Waals surface area contributed by atoms with Gasteiger partial charge in [-0.25, -0.2) is 0 Å². The van der Waals surface area contributed by atoms with Gasteiger partial charge in [0.25, 0.3) is 0 Å². The Kier molecular flexibility index (Phi) is 17.2. The third-order valence-corrected chi connectivity index (χ3v) is 12.2. The summed E-state index contributed by atoms with van der Waals surface area (Å²) < 4.78 is 0. The van der Waals surface area contributed by atoms with Gasteiger partial charge in [0, 0.05) is 26.1 Å². The summed E-state index contributed by atoms with van der Waals surface area (Å²) in [6.45, 7) is 6.11. The van der Waals surface area contributed by atoms with E-state index >= 15 is 0 Å². The lowest BCUT2D eigenvalue weighted by Crippen LogP contribution is -2.62. The molecule has 310 valence electrons. The Morgan fingerprint density at radius 3 is 1.80 bits per heavy atom. The minimum Gasteiger partial charge on any atom is -0.481 e. The van der Waals surface area contributed by atoms with Crippen LogP contribution in [0, 0.1) is 17.8 Å². The lowest BCUT2D eigenvalue weighted by Gasteiger charge is -2.40. The van der Waals surface area contributed by atoms with Crippen LogP contribution < -0.4 is 21.3 Å². The fourth-order valence-electron chi connectivity index (χ4n) is 9.05. The summed E-state index contributed by atoms with van der Waals surface area (Å²) in [5.41, 5.74) is 0. The van der Waals surface area contributed by atoms with Gasteiger partial charge in [0.15, 0.2) is 0 Å². The number of amides is 6. The van der Waals surface area contributed by atoms with Gasteiger partial charge in [-0.1, -0.05) is 65.2 Å². The van der Waals surface area contributed by atoms with Crippen LogP contribution in [0.25, 0.3) is 0 Å². The van der Waals surface area contributed by atoms with Crippen LogP contribution in [0.3, 0.4) is 0 Å². The number of nitrogens with zero attached hydrogens (tertiary/aromatic N) is 2. The highest BCUT2D eigenvalue weighted by atomic mass is 16.4. The third-order valence-electron chi connectivity index (χ3n) is 12.2. The van der Waals surface area contributed by atoms with Crippen molar-refractivity contribution >= 4 is 41.4 Å². The molecular formula is C40H66N6O9. The van der Waals surface area contributed by atoms with E-state index in [9.17, 15) is 43.8 Å². The largest absolute Gasteiger partial charge is 0.481 e. The zero-order valence-electron chi connectivity index (χ0n) is 33.2. The smallest absolute Gasteiger partial charge is 0.305 e. The molecule has 0 spiro atoms. The average molecular weight is 775 g/mol. The van der Waals surface area contributed by atoms with Gasteiger partial charge < -0.3 is 41.3 Å². The maximum atomic E-state index is 14.5. The molecule has 2 aliphatic heterocycles. The number of carbonyl (C=O) groups excluding carboxylic acids is 6. The van der Waals surface area contributed by atoms with Crippen molar-refractivity contribution in [3.05, 3.63) is 0 Å². The topological polar surface area (TPSA) is 215 Å². The Morgan fingerprint density at radius 1 is 0.655 bits per heavy atom. The van der Waals surface area contributed by atoms with Crippen LogP contribution in [0.15, 0.2) is 0 Å². The highest BCUT2D eigenvalue weighted by Gasteiger charge is 2.43. The zero-order chi connectivity index (χ0) is 40.1. The molecule has 55 heavy (non-hydrogen) atoms. The fraction of sp³-hybridized carbons (Fsp3) is 0.825. The minimum absolute atomic E-state index is 0.0634. The normalized spacial score (nSPS) is 23.8. The van der Waals surface area contributed by atoms with Crippen molar-refractivity contribution in [3.63, 3.8) is 0 Å². The van der Waals surface area contributed by atoms with Crippen LogP contribution in [0.2, 0.25) is 0 Å². The van der Waals surface area contributed by atoms with E-state index in [1.807, 2.05) is 6.92 Å². The summed E-state index contributed by atoms with van der Waals surface area (Å²) >= 11 is 0. The Bertz CT molecular complexity index is 1350. The molecule has 2 saturated carbocycles. The van der Waals surface area contributed by atoms with E-state index in [0.29, 0.717) is 51.0 Å². The van der Waals surface area contributed by atoms with Crippen molar-refractivity contribution in [2.75, 3.05) is 19.6 Å². The molecule has 1 unspecified atom stereocenters. The van der Waals surface area contributed by atoms with Crippen LogP contribution in [-0.2, 0) is 33.6 Å². The molecule has 2 heterocycles. The van der Waals surface area contributed by atoms with Crippen molar-refractivity contribution in [1.82, 2.24) is 31.1 Å². The second kappa shape index (κ2) is 21.5. The third kappa shape index (κ3) is 12.4. The van der Waals surface area contributed by atoms with Crippen LogP contribution in [0.1, 0.15) is 136 Å². The molecule has 4 fully saturated rings. The monoisotopic (exact) mass is 774 g/mol. The molecule has 15 heteroatoms. The number of carboxylic acids is 1. The summed E-state index contributed by atoms with van der Waals surface area (Å²) in [7, 11) is 0. The molecule has 7 atom stereocenters. The predicted molar refractivity (Wildman–Crippen MR) is 204 cm³/mol. The second-order valence-electron chi connectivity index (χ2n) is 16.4. The standard InChI is InChI=1S/C40H66N6O9/c1-4-20-41-38(53)34(26(3)47)44-37(52)31-19-13-22-45(31)39(54)29(24-33(49)50)42-36(51)30-18-11-12-21-46(30)40(55)35(28-16-9-6-10-17-28)43-32(48)23-25(2)27-14-7-5-8-15-27/h25-31,34-35,47H,4-24H2,1-3H3,(H,41,53)(H,42,51)(H,43,48)(H,44,52)(H,49,50)/t25-,26?,29-,30-,31-,34-,35-/m0/s1. The lowest BCUT2D eigenvalue weighted by atomic mass is 9.79. The fourth-order valence-corrected chi connectivity index (χ4v) is 9.05. The van der Waals surface area contributed by atoms with Gasteiger partial charge in [-0.15, -0.1) is 0 Å². The number of aliphatic hydroxyl groups excluding tert-OH is 1. The number of likely N-dealkylation sites (tertiary alicyclic amines) is 2. The molecule has 0 aromatic carbocycles. The van der Waals surface area contributed by atoms with Crippen molar-refractivity contribution in [2.24, 2.45) is 17.8 Å². The Balaban J connectivity index is 1.47. The molecule has 6 amide bonds. The first kappa shape index (κ1) is 44.0. The minimum atomic E-state index is -1.52. The van der Waals surface area contributed by atoms with Crippen LogP contribution in [0.4, 0.5) is 0 Å². The van der Waals surface area contributed by atoms with Crippen molar-refractivity contribution in [2.45, 2.75) is 173 Å². The summed E-state index contributed by atoms with van der Waals surface area (Å²) in [6, 6.07) is -5.58. The number of piperidine rings is 1. The molecular weight excluding hydrogens is 708 g/mol. The second-order valence-corrected chi connectivity index (χ2v) is 16.4. The number of rotatable bonds is 17. The van der Waals surface area contributed by atoms with E-state index in [2.05, 4.69) is 28.2 Å². The van der Waals surface area contributed by atoms with Crippen molar-refractivity contribution in [3.8, 4) is 0 Å². The number of carbonyl (C=O) groups is 7. The summed E-state index contributed by atoms with van der Waals surface area (Å²) in [5.74, 6) is -3.84. The van der Waals surface area contributed by atoms with E-state index in [1.165, 1.54) is 36.0 Å². The van der Waals surface area contributed by atoms with Crippen molar-refractivity contribution in [1.29, 1.82) is 0 Å². The van der Waals surface area contributed by atoms with Crippen molar-refractivity contribution < 1.29 is 43.8 Å². The number of carboxylic acid groups (broad SMARTS) is 1.